The van der Waals surface area contributed by atoms with Crippen LogP contribution in [0.2, 0.25) is 0 Å². The average Bonchev–Trinajstić information content (AvgIpc) is 2.83. The second kappa shape index (κ2) is 7.34. The topological polar surface area (TPSA) is 59.0 Å². The summed E-state index contributed by atoms with van der Waals surface area (Å²) >= 11 is 0. The maximum atomic E-state index is 12.8. The van der Waals surface area contributed by atoms with Gasteiger partial charge in [0.05, 0.1) is 19.1 Å². The number of rotatable bonds is 6. The summed E-state index contributed by atoms with van der Waals surface area (Å²) in [5, 5.41) is 9.87. The highest BCUT2D eigenvalue weighted by Crippen LogP contribution is 2.36. The fraction of sp³-hybridized carbons (Fsp3) is 0.650. The highest BCUT2D eigenvalue weighted by atomic mass is 16.5. The van der Waals surface area contributed by atoms with Crippen molar-refractivity contribution in [1.82, 2.24) is 4.90 Å². The lowest BCUT2D eigenvalue weighted by molar-refractivity contribution is -0.166. The molecule has 2 bridgehead atoms. The van der Waals surface area contributed by atoms with Crippen molar-refractivity contribution in [2.24, 2.45) is 5.41 Å². The Labute approximate surface area is 149 Å². The van der Waals surface area contributed by atoms with Gasteiger partial charge in [-0.2, -0.15) is 0 Å². The lowest BCUT2D eigenvalue weighted by atomic mass is 9.84. The number of benzene rings is 1. The molecule has 3 atom stereocenters. The summed E-state index contributed by atoms with van der Waals surface area (Å²) < 4.78 is 11.0. The van der Waals surface area contributed by atoms with E-state index in [1.54, 1.807) is 14.0 Å². The van der Waals surface area contributed by atoms with Gasteiger partial charge in [0, 0.05) is 12.1 Å². The van der Waals surface area contributed by atoms with Crippen LogP contribution in [0.5, 0.6) is 5.75 Å². The smallest absolute Gasteiger partial charge is 0.314 e. The summed E-state index contributed by atoms with van der Waals surface area (Å²) in [6, 6.07) is 8.64. The van der Waals surface area contributed by atoms with Crippen molar-refractivity contribution >= 4 is 5.97 Å². The van der Waals surface area contributed by atoms with Gasteiger partial charge in [-0.05, 0) is 63.8 Å². The number of piperidine rings is 1. The monoisotopic (exact) mass is 347 g/mol. The highest BCUT2D eigenvalue weighted by molar-refractivity contribution is 5.77. The molecule has 0 spiro atoms. The molecule has 25 heavy (non-hydrogen) atoms. The number of methoxy groups -OCH3 is 1. The molecule has 2 saturated heterocycles. The predicted octanol–water partition coefficient (Wildman–Crippen LogP) is 2.40. The number of hydrogen-bond acceptors (Lipinski definition) is 5. The lowest BCUT2D eigenvalue weighted by Gasteiger charge is -2.37. The van der Waals surface area contributed by atoms with Gasteiger partial charge >= 0.3 is 5.97 Å². The van der Waals surface area contributed by atoms with Gasteiger partial charge in [-0.3, -0.25) is 4.79 Å². The number of carbonyl (C=O) groups is 1. The number of hydrogen-bond donors (Lipinski definition) is 1. The second-order valence-electron chi connectivity index (χ2n) is 7.79. The molecular formula is C20H29NO4. The molecule has 0 aromatic heterocycles. The van der Waals surface area contributed by atoms with E-state index in [-0.39, 0.29) is 18.7 Å². The molecule has 1 aromatic carbocycles. The maximum absolute atomic E-state index is 12.8. The molecular weight excluding hydrogens is 318 g/mol. The fourth-order valence-corrected chi connectivity index (χ4v) is 4.14. The molecule has 0 radical (unpaired) electrons. The Morgan fingerprint density at radius 2 is 1.84 bits per heavy atom. The van der Waals surface area contributed by atoms with Crippen LogP contribution in [0, 0.1) is 5.41 Å². The summed E-state index contributed by atoms with van der Waals surface area (Å²) in [5.41, 5.74) is 0.0644. The molecule has 0 saturated carbocycles. The van der Waals surface area contributed by atoms with Crippen LogP contribution in [0.15, 0.2) is 24.3 Å². The van der Waals surface area contributed by atoms with Crippen molar-refractivity contribution in [3.8, 4) is 5.75 Å². The molecule has 5 heteroatoms. The number of aliphatic hydroxyl groups excluding tert-OH is 1. The standard InChI is InChI=1S/C20H29NO4/c1-20(13-22,12-14-4-8-17(24-3)9-5-14)19(23)25-18-10-15-6-7-16(11-18)21(15)2/h4-5,8-9,15-16,18,22H,6-7,10-13H2,1-3H3. The van der Waals surface area contributed by atoms with Crippen molar-refractivity contribution in [3.05, 3.63) is 29.8 Å². The summed E-state index contributed by atoms with van der Waals surface area (Å²) in [5.74, 6) is 0.485. The maximum Gasteiger partial charge on any atom is 0.314 e. The Morgan fingerprint density at radius 1 is 1.24 bits per heavy atom. The van der Waals surface area contributed by atoms with Gasteiger partial charge in [0.1, 0.15) is 11.9 Å². The molecule has 3 unspecified atom stereocenters. The number of ether oxygens (including phenoxy) is 2. The first-order valence-electron chi connectivity index (χ1n) is 9.12. The Hall–Kier alpha value is -1.59. The lowest BCUT2D eigenvalue weighted by Crippen LogP contribution is -2.45. The van der Waals surface area contributed by atoms with E-state index < -0.39 is 5.41 Å². The molecule has 0 amide bonds. The summed E-state index contributed by atoms with van der Waals surface area (Å²) in [7, 11) is 3.79. The van der Waals surface area contributed by atoms with Crippen LogP contribution in [0.3, 0.4) is 0 Å². The van der Waals surface area contributed by atoms with Crippen molar-refractivity contribution in [3.63, 3.8) is 0 Å². The number of nitrogens with zero attached hydrogens (tertiary/aromatic N) is 1. The van der Waals surface area contributed by atoms with Gasteiger partial charge in [0.15, 0.2) is 0 Å². The Bertz CT molecular complexity index is 588. The summed E-state index contributed by atoms with van der Waals surface area (Å²) in [6.07, 6.45) is 4.62. The second-order valence-corrected chi connectivity index (χ2v) is 7.79. The quantitative estimate of drug-likeness (QED) is 0.801. The van der Waals surface area contributed by atoms with E-state index in [1.807, 2.05) is 24.3 Å². The molecule has 5 nitrogen and oxygen atoms in total. The van der Waals surface area contributed by atoms with E-state index in [2.05, 4.69) is 11.9 Å². The van der Waals surface area contributed by atoms with Crippen LogP contribution in [0.4, 0.5) is 0 Å². The Balaban J connectivity index is 1.63. The molecule has 1 N–H and O–H groups in total. The predicted molar refractivity (Wildman–Crippen MR) is 95.6 cm³/mol. The molecule has 0 aliphatic carbocycles. The van der Waals surface area contributed by atoms with Crippen LogP contribution in [0.1, 0.15) is 38.2 Å². The van der Waals surface area contributed by atoms with E-state index in [9.17, 15) is 9.90 Å². The Morgan fingerprint density at radius 3 is 2.36 bits per heavy atom. The first kappa shape index (κ1) is 18.2. The zero-order chi connectivity index (χ0) is 18.0. The highest BCUT2D eigenvalue weighted by Gasteiger charge is 2.42. The van der Waals surface area contributed by atoms with Crippen molar-refractivity contribution in [2.45, 2.75) is 57.2 Å². The summed E-state index contributed by atoms with van der Waals surface area (Å²) in [6.45, 7) is 1.56. The van der Waals surface area contributed by atoms with Gasteiger partial charge in [0.2, 0.25) is 0 Å². The molecule has 2 aliphatic heterocycles. The third kappa shape index (κ3) is 3.82. The van der Waals surface area contributed by atoms with E-state index in [1.165, 1.54) is 12.8 Å². The van der Waals surface area contributed by atoms with Gasteiger partial charge in [-0.25, -0.2) is 0 Å². The van der Waals surface area contributed by atoms with Gasteiger partial charge in [0.25, 0.3) is 0 Å². The molecule has 2 aliphatic rings. The number of fused-ring (bicyclic) bond motifs is 2. The molecule has 138 valence electrons. The number of carbonyl (C=O) groups excluding carboxylic acids is 1. The third-order valence-corrected chi connectivity index (χ3v) is 5.92. The van der Waals surface area contributed by atoms with Crippen LogP contribution in [-0.4, -0.2) is 54.9 Å². The van der Waals surface area contributed by atoms with Crippen molar-refractivity contribution in [1.29, 1.82) is 0 Å². The first-order valence-corrected chi connectivity index (χ1v) is 9.12. The fourth-order valence-electron chi connectivity index (χ4n) is 4.14. The van der Waals surface area contributed by atoms with E-state index in [0.717, 1.165) is 24.2 Å². The first-order chi connectivity index (χ1) is 11.9. The summed E-state index contributed by atoms with van der Waals surface area (Å²) in [4.78, 5) is 15.2. The normalized spacial score (nSPS) is 28.4. The SMILES string of the molecule is COc1ccc(CC(C)(CO)C(=O)OC2CC3CCC(C2)N3C)cc1. The molecule has 2 heterocycles. The van der Waals surface area contributed by atoms with E-state index >= 15 is 0 Å². The zero-order valence-electron chi connectivity index (χ0n) is 15.4. The van der Waals surface area contributed by atoms with Crippen LogP contribution in [0.25, 0.3) is 0 Å². The zero-order valence-corrected chi connectivity index (χ0v) is 15.4. The molecule has 3 rings (SSSR count). The van der Waals surface area contributed by atoms with Crippen LogP contribution < -0.4 is 4.74 Å². The number of aliphatic hydroxyl groups is 1. The average molecular weight is 347 g/mol. The molecule has 1 aromatic rings. The van der Waals surface area contributed by atoms with Crippen molar-refractivity contribution < 1.29 is 19.4 Å². The van der Waals surface area contributed by atoms with Gasteiger partial charge in [-0.1, -0.05) is 12.1 Å². The van der Waals surface area contributed by atoms with Gasteiger partial charge < -0.3 is 19.5 Å². The minimum atomic E-state index is -0.920. The van der Waals surface area contributed by atoms with Crippen LogP contribution >= 0.6 is 0 Å². The number of esters is 1. The van der Waals surface area contributed by atoms with E-state index in [4.69, 9.17) is 9.47 Å². The van der Waals surface area contributed by atoms with Crippen molar-refractivity contribution in [2.75, 3.05) is 20.8 Å². The Kier molecular flexibility index (Phi) is 5.35. The van der Waals surface area contributed by atoms with Gasteiger partial charge in [-0.15, -0.1) is 0 Å². The van der Waals surface area contributed by atoms with Crippen LogP contribution in [-0.2, 0) is 16.0 Å². The molecule has 2 fully saturated rings. The minimum Gasteiger partial charge on any atom is -0.497 e. The minimum absolute atomic E-state index is 0.0251. The third-order valence-electron chi connectivity index (χ3n) is 5.92. The van der Waals surface area contributed by atoms with E-state index in [0.29, 0.717) is 18.5 Å². The largest absolute Gasteiger partial charge is 0.497 e.